The van der Waals surface area contributed by atoms with Crippen LogP contribution in [0.4, 0.5) is 30.7 Å². The summed E-state index contributed by atoms with van der Waals surface area (Å²) in [5, 5.41) is -6.09. The lowest BCUT2D eigenvalue weighted by Crippen LogP contribution is -2.59. The van der Waals surface area contributed by atoms with Gasteiger partial charge in [0.1, 0.15) is 0 Å². The molecule has 190 valence electrons. The molecule has 0 amide bonds. The highest BCUT2D eigenvalue weighted by Gasteiger charge is 2.69. The molecular weight excluding hydrogens is 485 g/mol. The molecule has 0 aromatic rings. The van der Waals surface area contributed by atoms with Crippen molar-refractivity contribution in [2.75, 3.05) is 13.7 Å². The van der Waals surface area contributed by atoms with Crippen LogP contribution < -0.4 is 0 Å². The van der Waals surface area contributed by atoms with Crippen LogP contribution in [-0.4, -0.2) is 61.8 Å². The SMILES string of the molecule is COC(=O)C(OCCC(F)(F)C(F)(F)S(=O)(=O)O)(OC(=O)C(C)(C)CC(C)C)C(F)(F)F. The number of hydrogen-bond donors (Lipinski definition) is 1. The van der Waals surface area contributed by atoms with Crippen molar-refractivity contribution in [2.24, 2.45) is 11.3 Å². The number of ether oxygens (including phenoxy) is 3. The van der Waals surface area contributed by atoms with Crippen LogP contribution in [0.25, 0.3) is 0 Å². The number of esters is 2. The highest BCUT2D eigenvalue weighted by atomic mass is 32.2. The fourth-order valence-electron chi connectivity index (χ4n) is 2.55. The van der Waals surface area contributed by atoms with Crippen molar-refractivity contribution in [1.29, 1.82) is 0 Å². The summed E-state index contributed by atoms with van der Waals surface area (Å²) in [6.45, 7) is 3.48. The van der Waals surface area contributed by atoms with E-state index in [1.807, 2.05) is 0 Å². The van der Waals surface area contributed by atoms with Crippen LogP contribution in [0.1, 0.15) is 40.5 Å². The molecule has 0 aliphatic rings. The van der Waals surface area contributed by atoms with E-state index >= 15 is 0 Å². The minimum atomic E-state index is -6.66. The molecule has 1 atom stereocenters. The maximum absolute atomic E-state index is 13.7. The van der Waals surface area contributed by atoms with Crippen molar-refractivity contribution in [1.82, 2.24) is 0 Å². The van der Waals surface area contributed by atoms with Gasteiger partial charge in [-0.1, -0.05) is 13.8 Å². The van der Waals surface area contributed by atoms with E-state index in [2.05, 4.69) is 14.2 Å². The van der Waals surface area contributed by atoms with E-state index in [4.69, 9.17) is 4.55 Å². The molecule has 0 fully saturated rings. The first-order valence-electron chi connectivity index (χ1n) is 8.73. The first-order valence-corrected chi connectivity index (χ1v) is 10.2. The van der Waals surface area contributed by atoms with Crippen LogP contribution in [0.2, 0.25) is 0 Å². The number of carbonyl (C=O) groups is 2. The predicted octanol–water partition coefficient (Wildman–Crippen LogP) is 3.56. The average molecular weight is 508 g/mol. The highest BCUT2D eigenvalue weighted by molar-refractivity contribution is 7.87. The largest absolute Gasteiger partial charge is 0.468 e. The first kappa shape index (κ1) is 30.3. The summed E-state index contributed by atoms with van der Waals surface area (Å²) in [7, 11) is -6.25. The zero-order valence-electron chi connectivity index (χ0n) is 17.6. The van der Waals surface area contributed by atoms with Crippen LogP contribution in [0.5, 0.6) is 0 Å². The lowest BCUT2D eigenvalue weighted by atomic mass is 9.84. The van der Waals surface area contributed by atoms with E-state index in [0.29, 0.717) is 7.11 Å². The number of alkyl halides is 7. The van der Waals surface area contributed by atoms with E-state index in [1.54, 1.807) is 13.8 Å². The van der Waals surface area contributed by atoms with Gasteiger partial charge in [-0.15, -0.1) is 0 Å². The monoisotopic (exact) mass is 508 g/mol. The first-order chi connectivity index (χ1) is 14.0. The molecule has 1 N–H and O–H groups in total. The standard InChI is InChI=1S/C16H23F7O8S/c1-9(2)8-12(3,4)10(24)31-14(11(25)29-5,15(19,20)21)30-7-6-13(17,18)16(22,23)32(26,27)28/h9H,6-8H2,1-5H3,(H,26,27,28). The highest BCUT2D eigenvalue weighted by Crippen LogP contribution is 2.43. The molecular formula is C16H23F7O8S. The molecule has 16 heteroatoms. The van der Waals surface area contributed by atoms with Crippen LogP contribution in [-0.2, 0) is 33.9 Å². The number of hydrogen-bond acceptors (Lipinski definition) is 7. The lowest BCUT2D eigenvalue weighted by Gasteiger charge is -2.35. The molecule has 0 saturated carbocycles. The molecule has 0 radical (unpaired) electrons. The third-order valence-corrected chi connectivity index (χ3v) is 4.95. The van der Waals surface area contributed by atoms with E-state index < -0.39 is 63.6 Å². The number of carbonyl (C=O) groups excluding carboxylic acids is 2. The maximum Gasteiger partial charge on any atom is 0.468 e. The topological polar surface area (TPSA) is 116 Å². The van der Waals surface area contributed by atoms with Crippen molar-refractivity contribution in [3.05, 3.63) is 0 Å². The van der Waals surface area contributed by atoms with Crippen molar-refractivity contribution < 1.29 is 67.5 Å². The second-order valence-electron chi connectivity index (χ2n) is 7.77. The quantitative estimate of drug-likeness (QED) is 0.195. The third-order valence-electron chi connectivity index (χ3n) is 4.01. The Bertz CT molecular complexity index is 793. The minimum absolute atomic E-state index is 0.0421. The van der Waals surface area contributed by atoms with Gasteiger partial charge in [-0.2, -0.15) is 39.2 Å². The smallest absolute Gasteiger partial charge is 0.464 e. The average Bonchev–Trinajstić information content (AvgIpc) is 2.56. The Morgan fingerprint density at radius 1 is 0.969 bits per heavy atom. The molecule has 0 aliphatic heterocycles. The predicted molar refractivity (Wildman–Crippen MR) is 92.1 cm³/mol. The van der Waals surface area contributed by atoms with Crippen LogP contribution in [0.3, 0.4) is 0 Å². The molecule has 32 heavy (non-hydrogen) atoms. The minimum Gasteiger partial charge on any atom is -0.464 e. The third kappa shape index (κ3) is 6.43. The number of rotatable bonds is 11. The Morgan fingerprint density at radius 2 is 1.44 bits per heavy atom. The van der Waals surface area contributed by atoms with Gasteiger partial charge >= 0.3 is 45.2 Å². The Labute approximate surface area is 179 Å². The summed E-state index contributed by atoms with van der Waals surface area (Å²) in [6.07, 6.45) is -8.40. The fourth-order valence-corrected chi connectivity index (χ4v) is 3.03. The second kappa shape index (κ2) is 9.67. The summed E-state index contributed by atoms with van der Waals surface area (Å²) >= 11 is 0. The van der Waals surface area contributed by atoms with Gasteiger partial charge in [-0.25, -0.2) is 4.79 Å². The molecule has 0 bridgehead atoms. The Morgan fingerprint density at radius 3 is 1.78 bits per heavy atom. The second-order valence-corrected chi connectivity index (χ2v) is 9.23. The van der Waals surface area contributed by atoms with Crippen molar-refractivity contribution >= 4 is 22.1 Å². The van der Waals surface area contributed by atoms with Gasteiger partial charge in [-0.05, 0) is 26.2 Å². The van der Waals surface area contributed by atoms with Gasteiger partial charge in [0.25, 0.3) is 0 Å². The van der Waals surface area contributed by atoms with E-state index in [-0.39, 0.29) is 12.3 Å². The molecule has 0 aromatic heterocycles. The summed E-state index contributed by atoms with van der Waals surface area (Å²) in [6, 6.07) is 0. The molecule has 0 aliphatic carbocycles. The Kier molecular flexibility index (Phi) is 9.16. The normalized spacial score (nSPS) is 15.9. The summed E-state index contributed by atoms with van der Waals surface area (Å²) < 4.78 is 136. The van der Waals surface area contributed by atoms with Crippen molar-refractivity contribution in [3.8, 4) is 0 Å². The van der Waals surface area contributed by atoms with Crippen LogP contribution >= 0.6 is 0 Å². The Balaban J connectivity index is 6.06. The molecule has 0 spiro atoms. The molecule has 0 saturated heterocycles. The molecule has 0 heterocycles. The van der Waals surface area contributed by atoms with Crippen LogP contribution in [0, 0.1) is 11.3 Å². The lowest BCUT2D eigenvalue weighted by molar-refractivity contribution is -0.359. The van der Waals surface area contributed by atoms with Crippen molar-refractivity contribution in [3.63, 3.8) is 0 Å². The zero-order valence-corrected chi connectivity index (χ0v) is 18.4. The van der Waals surface area contributed by atoms with E-state index in [0.717, 1.165) is 13.8 Å². The van der Waals surface area contributed by atoms with Gasteiger partial charge in [0.15, 0.2) is 0 Å². The van der Waals surface area contributed by atoms with Gasteiger partial charge in [0.2, 0.25) is 0 Å². The van der Waals surface area contributed by atoms with Gasteiger partial charge in [0, 0.05) is 6.42 Å². The van der Waals surface area contributed by atoms with Gasteiger partial charge in [-0.3, -0.25) is 9.35 Å². The van der Waals surface area contributed by atoms with E-state index in [1.165, 1.54) is 0 Å². The summed E-state index contributed by atoms with van der Waals surface area (Å²) in [5.41, 5.74) is -1.63. The Hall–Kier alpha value is -1.68. The number of halogens is 7. The van der Waals surface area contributed by atoms with E-state index in [9.17, 15) is 48.7 Å². The van der Waals surface area contributed by atoms with Gasteiger partial charge in [0.05, 0.1) is 19.1 Å². The van der Waals surface area contributed by atoms with Gasteiger partial charge < -0.3 is 14.2 Å². The molecule has 1 unspecified atom stereocenters. The molecule has 8 nitrogen and oxygen atoms in total. The fraction of sp³-hybridized carbons (Fsp3) is 0.875. The van der Waals surface area contributed by atoms with Crippen molar-refractivity contribution in [2.45, 2.75) is 63.7 Å². The van der Waals surface area contributed by atoms with Crippen LogP contribution in [0.15, 0.2) is 0 Å². The maximum atomic E-state index is 13.7. The molecule has 0 aromatic carbocycles. The number of methoxy groups -OCH3 is 1. The zero-order chi connectivity index (χ0) is 26.0. The summed E-state index contributed by atoms with van der Waals surface area (Å²) in [4.78, 5) is 24.2. The molecule has 0 rings (SSSR count). The summed E-state index contributed by atoms with van der Waals surface area (Å²) in [5.74, 6) is -14.5.